The highest BCUT2D eigenvalue weighted by Crippen LogP contribution is 2.28. The van der Waals surface area contributed by atoms with Gasteiger partial charge in [-0.1, -0.05) is 6.42 Å². The average Bonchev–Trinajstić information content (AvgIpc) is 2.33. The van der Waals surface area contributed by atoms with Crippen molar-refractivity contribution in [2.24, 2.45) is 5.41 Å². The molecule has 0 aliphatic rings. The van der Waals surface area contributed by atoms with E-state index in [1.165, 1.54) is 12.1 Å². The van der Waals surface area contributed by atoms with Gasteiger partial charge < -0.3 is 5.73 Å². The summed E-state index contributed by atoms with van der Waals surface area (Å²) in [5.41, 5.74) is 6.14. The third-order valence-corrected chi connectivity index (χ3v) is 3.89. The third kappa shape index (κ3) is 4.97. The number of halogens is 1. The van der Waals surface area contributed by atoms with Gasteiger partial charge in [0.15, 0.2) is 0 Å². The molecule has 0 atom stereocenters. The maximum absolute atomic E-state index is 13.0. The minimum atomic E-state index is -0.252. The van der Waals surface area contributed by atoms with Gasteiger partial charge in [-0.15, -0.1) is 11.8 Å². The van der Waals surface area contributed by atoms with E-state index in [0.717, 1.165) is 29.9 Å². The Morgan fingerprint density at radius 2 is 2.11 bits per heavy atom. The van der Waals surface area contributed by atoms with Crippen molar-refractivity contribution < 1.29 is 4.39 Å². The van der Waals surface area contributed by atoms with Crippen LogP contribution in [0, 0.1) is 22.6 Å². The fourth-order valence-corrected chi connectivity index (χ4v) is 2.54. The first-order valence-corrected chi connectivity index (χ1v) is 7.02. The largest absolute Gasteiger partial charge is 0.398 e. The van der Waals surface area contributed by atoms with Crippen molar-refractivity contribution in [2.45, 2.75) is 38.0 Å². The normalized spacial score (nSPS) is 11.2. The molecular weight excluding hydrogens is 247 g/mol. The quantitative estimate of drug-likeness (QED) is 0.476. The molecule has 1 aromatic carbocycles. The Balaban J connectivity index is 2.30. The van der Waals surface area contributed by atoms with Crippen LogP contribution in [0.5, 0.6) is 0 Å². The zero-order valence-corrected chi connectivity index (χ0v) is 11.7. The van der Waals surface area contributed by atoms with Crippen LogP contribution >= 0.6 is 11.8 Å². The molecule has 0 fully saturated rings. The summed E-state index contributed by atoms with van der Waals surface area (Å²) in [5.74, 6) is 0.645. The van der Waals surface area contributed by atoms with Crippen molar-refractivity contribution in [2.75, 3.05) is 11.5 Å². The van der Waals surface area contributed by atoms with Crippen molar-refractivity contribution in [3.63, 3.8) is 0 Å². The number of rotatable bonds is 6. The van der Waals surface area contributed by atoms with E-state index in [9.17, 15) is 4.39 Å². The maximum Gasteiger partial charge on any atom is 0.124 e. The minimum Gasteiger partial charge on any atom is -0.398 e. The number of nitrogens with zero attached hydrogens (tertiary/aromatic N) is 1. The minimum absolute atomic E-state index is 0.247. The van der Waals surface area contributed by atoms with Crippen LogP contribution in [0.2, 0.25) is 0 Å². The van der Waals surface area contributed by atoms with E-state index in [0.29, 0.717) is 5.69 Å². The Hall–Kier alpha value is -1.21. The first-order chi connectivity index (χ1) is 8.44. The molecule has 0 amide bonds. The van der Waals surface area contributed by atoms with E-state index in [1.54, 1.807) is 17.8 Å². The van der Waals surface area contributed by atoms with Crippen molar-refractivity contribution in [3.05, 3.63) is 24.0 Å². The molecule has 1 rings (SSSR count). The summed E-state index contributed by atoms with van der Waals surface area (Å²) in [6, 6.07) is 6.73. The van der Waals surface area contributed by atoms with E-state index < -0.39 is 0 Å². The van der Waals surface area contributed by atoms with Gasteiger partial charge in [0.2, 0.25) is 0 Å². The number of nitrogens with two attached hydrogens (primary N) is 1. The van der Waals surface area contributed by atoms with Crippen LogP contribution in [0.3, 0.4) is 0 Å². The van der Waals surface area contributed by atoms with Gasteiger partial charge >= 0.3 is 0 Å². The van der Waals surface area contributed by atoms with E-state index >= 15 is 0 Å². The van der Waals surface area contributed by atoms with E-state index in [-0.39, 0.29) is 11.2 Å². The molecule has 0 bridgehead atoms. The van der Waals surface area contributed by atoms with Crippen molar-refractivity contribution in [3.8, 4) is 6.07 Å². The van der Waals surface area contributed by atoms with Crippen LogP contribution in [0.1, 0.15) is 33.1 Å². The molecule has 0 saturated carbocycles. The molecule has 0 aliphatic carbocycles. The zero-order valence-electron chi connectivity index (χ0n) is 10.9. The van der Waals surface area contributed by atoms with Crippen LogP contribution in [-0.2, 0) is 0 Å². The number of hydrogen-bond donors (Lipinski definition) is 1. The lowest BCUT2D eigenvalue weighted by Gasteiger charge is -2.14. The predicted molar refractivity (Wildman–Crippen MR) is 74.8 cm³/mol. The molecule has 1 aromatic rings. The van der Waals surface area contributed by atoms with Crippen LogP contribution in [-0.4, -0.2) is 5.75 Å². The Labute approximate surface area is 112 Å². The fraction of sp³-hybridized carbons (Fsp3) is 0.500. The lowest BCUT2D eigenvalue weighted by molar-refractivity contribution is 0.433. The highest BCUT2D eigenvalue weighted by molar-refractivity contribution is 7.99. The van der Waals surface area contributed by atoms with Gasteiger partial charge in [0.1, 0.15) is 5.82 Å². The Morgan fingerprint density at radius 3 is 2.78 bits per heavy atom. The summed E-state index contributed by atoms with van der Waals surface area (Å²) < 4.78 is 13.0. The van der Waals surface area contributed by atoms with Gasteiger partial charge in [-0.3, -0.25) is 0 Å². The number of thioether (sulfide) groups is 1. The number of anilines is 1. The van der Waals surface area contributed by atoms with E-state index in [1.807, 2.05) is 13.8 Å². The number of benzene rings is 1. The summed E-state index contributed by atoms with van der Waals surface area (Å²) >= 11 is 1.57. The second-order valence-corrected chi connectivity index (χ2v) is 6.12. The lowest BCUT2D eigenvalue weighted by atomic mass is 9.89. The third-order valence-electron chi connectivity index (χ3n) is 2.73. The molecule has 0 unspecified atom stereocenters. The monoisotopic (exact) mass is 266 g/mol. The predicted octanol–water partition coefficient (Wildman–Crippen LogP) is 4.22. The molecule has 0 radical (unpaired) electrons. The van der Waals surface area contributed by atoms with Crippen LogP contribution in [0.15, 0.2) is 23.1 Å². The first kappa shape index (κ1) is 14.8. The number of nitriles is 1. The van der Waals surface area contributed by atoms with Gasteiger partial charge in [-0.05, 0) is 50.6 Å². The average molecular weight is 266 g/mol. The van der Waals surface area contributed by atoms with Gasteiger partial charge in [0.05, 0.1) is 11.5 Å². The lowest BCUT2D eigenvalue weighted by Crippen LogP contribution is -2.07. The van der Waals surface area contributed by atoms with Gasteiger partial charge in [0.25, 0.3) is 0 Å². The second kappa shape index (κ2) is 6.65. The highest BCUT2D eigenvalue weighted by atomic mass is 32.2. The molecular formula is C14H19FN2S. The Bertz CT molecular complexity index is 438. The van der Waals surface area contributed by atoms with Crippen LogP contribution in [0.4, 0.5) is 10.1 Å². The highest BCUT2D eigenvalue weighted by Gasteiger charge is 2.15. The Morgan fingerprint density at radius 1 is 1.39 bits per heavy atom. The standard InChI is InChI=1S/C14H19FN2S/c1-14(2,10-16)7-3-4-8-18-13-9-11(15)5-6-12(13)17/h5-6,9H,3-4,7-8,17H2,1-2H3. The summed E-state index contributed by atoms with van der Waals surface area (Å²) in [5, 5.41) is 8.88. The molecule has 0 saturated heterocycles. The van der Waals surface area contributed by atoms with Crippen LogP contribution in [0.25, 0.3) is 0 Å². The maximum atomic E-state index is 13.0. The molecule has 0 aromatic heterocycles. The first-order valence-electron chi connectivity index (χ1n) is 6.04. The molecule has 0 aliphatic heterocycles. The molecule has 0 heterocycles. The SMILES string of the molecule is CC(C)(C#N)CCCCSc1cc(F)ccc1N. The fourth-order valence-electron chi connectivity index (χ4n) is 1.54. The molecule has 2 N–H and O–H groups in total. The topological polar surface area (TPSA) is 49.8 Å². The Kier molecular flexibility index (Phi) is 5.49. The molecule has 0 spiro atoms. The van der Waals surface area contributed by atoms with Crippen molar-refractivity contribution in [1.29, 1.82) is 5.26 Å². The number of unbranched alkanes of at least 4 members (excludes halogenated alkanes) is 1. The zero-order chi connectivity index (χ0) is 13.6. The van der Waals surface area contributed by atoms with Crippen molar-refractivity contribution in [1.82, 2.24) is 0 Å². The summed E-state index contributed by atoms with van der Waals surface area (Å²) in [6.07, 6.45) is 2.90. The molecule has 2 nitrogen and oxygen atoms in total. The van der Waals surface area contributed by atoms with E-state index in [4.69, 9.17) is 11.0 Å². The van der Waals surface area contributed by atoms with Gasteiger partial charge in [-0.2, -0.15) is 5.26 Å². The van der Waals surface area contributed by atoms with Crippen LogP contribution < -0.4 is 5.73 Å². The molecule has 18 heavy (non-hydrogen) atoms. The number of hydrogen-bond acceptors (Lipinski definition) is 3. The second-order valence-electron chi connectivity index (χ2n) is 4.98. The smallest absolute Gasteiger partial charge is 0.124 e. The van der Waals surface area contributed by atoms with Gasteiger partial charge in [-0.25, -0.2) is 4.39 Å². The summed E-state index contributed by atoms with van der Waals surface area (Å²) in [7, 11) is 0. The summed E-state index contributed by atoms with van der Waals surface area (Å²) in [6.45, 7) is 3.90. The van der Waals surface area contributed by atoms with Gasteiger partial charge in [0, 0.05) is 10.6 Å². The number of nitrogen functional groups attached to an aromatic ring is 1. The van der Waals surface area contributed by atoms with E-state index in [2.05, 4.69) is 6.07 Å². The van der Waals surface area contributed by atoms with Crippen molar-refractivity contribution >= 4 is 17.4 Å². The summed E-state index contributed by atoms with van der Waals surface area (Å²) in [4.78, 5) is 0.801. The molecule has 4 heteroatoms. The molecule has 98 valence electrons.